The lowest BCUT2D eigenvalue weighted by Gasteiger charge is -2.19. The number of fused-ring (bicyclic) bond motifs is 1. The Bertz CT molecular complexity index is 591. The maximum Gasteiger partial charge on any atom is 0.224 e. The zero-order valence-electron chi connectivity index (χ0n) is 11.9. The minimum Gasteiger partial charge on any atom is -0.353 e. The highest BCUT2D eigenvalue weighted by Gasteiger charge is 2.14. The Morgan fingerprint density at radius 1 is 1.15 bits per heavy atom. The number of alkyl halides is 1. The van der Waals surface area contributed by atoms with Crippen molar-refractivity contribution >= 4 is 28.3 Å². The summed E-state index contributed by atoms with van der Waals surface area (Å²) < 4.78 is 0. The molecule has 20 heavy (non-hydrogen) atoms. The molecule has 1 N–H and O–H groups in total. The fraction of sp³-hybridized carbons (Fsp3) is 0.353. The van der Waals surface area contributed by atoms with Gasteiger partial charge in [0.2, 0.25) is 5.91 Å². The molecular weight excluding hydrogens is 270 g/mol. The van der Waals surface area contributed by atoms with E-state index in [2.05, 4.69) is 23.5 Å². The van der Waals surface area contributed by atoms with E-state index >= 15 is 0 Å². The van der Waals surface area contributed by atoms with Gasteiger partial charge in [0.05, 0.1) is 6.42 Å². The molecule has 0 aliphatic heterocycles. The Labute approximate surface area is 125 Å². The number of benzene rings is 2. The van der Waals surface area contributed by atoms with Crippen LogP contribution < -0.4 is 5.32 Å². The molecule has 2 aromatic carbocycles. The van der Waals surface area contributed by atoms with Gasteiger partial charge in [0.15, 0.2) is 0 Å². The van der Waals surface area contributed by atoms with E-state index in [1.807, 2.05) is 38.1 Å². The van der Waals surface area contributed by atoms with Gasteiger partial charge in [-0.1, -0.05) is 49.4 Å². The molecule has 2 atom stereocenters. The number of hydrogen-bond acceptors (Lipinski definition) is 1. The molecule has 0 aliphatic carbocycles. The summed E-state index contributed by atoms with van der Waals surface area (Å²) in [5.74, 6) is 0.870. The molecule has 2 aromatic rings. The van der Waals surface area contributed by atoms with E-state index in [9.17, 15) is 4.79 Å². The van der Waals surface area contributed by atoms with Crippen LogP contribution in [0.1, 0.15) is 19.4 Å². The second-order valence-electron chi connectivity index (χ2n) is 5.30. The van der Waals surface area contributed by atoms with Crippen LogP contribution in [0, 0.1) is 5.92 Å². The molecule has 0 aliphatic rings. The largest absolute Gasteiger partial charge is 0.353 e. The molecule has 0 saturated carbocycles. The van der Waals surface area contributed by atoms with Gasteiger partial charge in [-0.2, -0.15) is 0 Å². The van der Waals surface area contributed by atoms with Crippen LogP contribution in [-0.4, -0.2) is 17.8 Å². The Morgan fingerprint density at radius 2 is 1.85 bits per heavy atom. The van der Waals surface area contributed by atoms with Gasteiger partial charge >= 0.3 is 0 Å². The van der Waals surface area contributed by atoms with E-state index in [1.165, 1.54) is 5.39 Å². The van der Waals surface area contributed by atoms with Crippen molar-refractivity contribution < 1.29 is 4.79 Å². The van der Waals surface area contributed by atoms with Crippen molar-refractivity contribution in [3.63, 3.8) is 0 Å². The molecule has 2 rings (SSSR count). The summed E-state index contributed by atoms with van der Waals surface area (Å²) in [7, 11) is 0. The smallest absolute Gasteiger partial charge is 0.224 e. The van der Waals surface area contributed by atoms with Crippen molar-refractivity contribution in [3.8, 4) is 0 Å². The summed E-state index contributed by atoms with van der Waals surface area (Å²) in [5.41, 5.74) is 1.06. The highest BCUT2D eigenvalue weighted by molar-refractivity contribution is 6.18. The van der Waals surface area contributed by atoms with Gasteiger partial charge in [0.1, 0.15) is 0 Å². The molecule has 2 nitrogen and oxygen atoms in total. The Kier molecular flexibility index (Phi) is 5.02. The summed E-state index contributed by atoms with van der Waals surface area (Å²) in [6.45, 7) is 4.03. The van der Waals surface area contributed by atoms with Crippen LogP contribution in [0.15, 0.2) is 42.5 Å². The summed E-state index contributed by atoms with van der Waals surface area (Å²) in [5, 5.41) is 5.33. The monoisotopic (exact) mass is 289 g/mol. The number of rotatable bonds is 5. The maximum atomic E-state index is 12.1. The first-order chi connectivity index (χ1) is 9.61. The lowest BCUT2D eigenvalue weighted by atomic mass is 10.0. The third kappa shape index (κ3) is 3.51. The van der Waals surface area contributed by atoms with E-state index in [-0.39, 0.29) is 17.9 Å². The minimum absolute atomic E-state index is 0.0471. The minimum atomic E-state index is 0.0471. The second-order valence-corrected chi connectivity index (χ2v) is 5.61. The third-order valence-electron chi connectivity index (χ3n) is 3.72. The molecular formula is C17H20ClNO. The average Bonchev–Trinajstić information content (AvgIpc) is 2.46. The van der Waals surface area contributed by atoms with Gasteiger partial charge in [0.25, 0.3) is 0 Å². The molecule has 0 aromatic heterocycles. The van der Waals surface area contributed by atoms with Crippen LogP contribution >= 0.6 is 11.6 Å². The Balaban J connectivity index is 2.10. The molecule has 1 amide bonds. The van der Waals surface area contributed by atoms with Gasteiger partial charge in [-0.15, -0.1) is 11.6 Å². The predicted octanol–water partition coefficient (Wildman–Crippen LogP) is 3.76. The molecule has 0 saturated heterocycles. The SMILES string of the molecule is CC(CCl)C(C)NC(=O)Cc1cccc2ccccc12. The van der Waals surface area contributed by atoms with Crippen LogP contribution in [-0.2, 0) is 11.2 Å². The molecule has 0 radical (unpaired) electrons. The fourth-order valence-electron chi connectivity index (χ4n) is 2.20. The van der Waals surface area contributed by atoms with Crippen LogP contribution in [0.25, 0.3) is 10.8 Å². The van der Waals surface area contributed by atoms with Gasteiger partial charge in [-0.3, -0.25) is 4.79 Å². The summed E-state index contributed by atoms with van der Waals surface area (Å²) in [6, 6.07) is 14.3. The first-order valence-electron chi connectivity index (χ1n) is 6.93. The lowest BCUT2D eigenvalue weighted by Crippen LogP contribution is -2.38. The van der Waals surface area contributed by atoms with Crippen LogP contribution in [0.5, 0.6) is 0 Å². The molecule has 3 heteroatoms. The number of halogens is 1. The molecule has 0 heterocycles. The van der Waals surface area contributed by atoms with Crippen LogP contribution in [0.2, 0.25) is 0 Å². The number of hydrogen-bond donors (Lipinski definition) is 1. The first-order valence-corrected chi connectivity index (χ1v) is 7.47. The zero-order valence-corrected chi connectivity index (χ0v) is 12.7. The predicted molar refractivity (Wildman–Crippen MR) is 85.1 cm³/mol. The van der Waals surface area contributed by atoms with Gasteiger partial charge < -0.3 is 5.32 Å². The standard InChI is InChI=1S/C17H20ClNO/c1-12(11-18)13(2)19-17(20)10-15-8-5-7-14-6-3-4-9-16(14)15/h3-9,12-13H,10-11H2,1-2H3,(H,19,20). The zero-order chi connectivity index (χ0) is 14.5. The van der Waals surface area contributed by atoms with Crippen LogP contribution in [0.4, 0.5) is 0 Å². The normalized spacial score (nSPS) is 13.9. The second kappa shape index (κ2) is 6.76. The quantitative estimate of drug-likeness (QED) is 0.834. The molecule has 0 spiro atoms. The van der Waals surface area contributed by atoms with Crippen molar-refractivity contribution in [2.45, 2.75) is 26.3 Å². The average molecular weight is 290 g/mol. The van der Waals surface area contributed by atoms with E-state index < -0.39 is 0 Å². The lowest BCUT2D eigenvalue weighted by molar-refractivity contribution is -0.121. The first kappa shape index (κ1) is 14.9. The molecule has 2 unspecified atom stereocenters. The molecule has 0 fully saturated rings. The fourth-order valence-corrected chi connectivity index (χ4v) is 2.47. The molecule has 106 valence electrons. The number of carbonyl (C=O) groups is 1. The van der Waals surface area contributed by atoms with Crippen molar-refractivity contribution in [2.75, 3.05) is 5.88 Å². The number of carbonyl (C=O) groups excluding carboxylic acids is 1. The third-order valence-corrected chi connectivity index (χ3v) is 4.20. The van der Waals surface area contributed by atoms with E-state index in [4.69, 9.17) is 11.6 Å². The Morgan fingerprint density at radius 3 is 2.60 bits per heavy atom. The van der Waals surface area contributed by atoms with Crippen LogP contribution in [0.3, 0.4) is 0 Å². The number of nitrogens with one attached hydrogen (secondary N) is 1. The van der Waals surface area contributed by atoms with E-state index in [1.54, 1.807) is 0 Å². The highest BCUT2D eigenvalue weighted by Crippen LogP contribution is 2.19. The van der Waals surface area contributed by atoms with Crippen molar-refractivity contribution in [1.29, 1.82) is 0 Å². The number of amides is 1. The summed E-state index contributed by atoms with van der Waals surface area (Å²) >= 11 is 5.82. The van der Waals surface area contributed by atoms with Gasteiger partial charge in [-0.25, -0.2) is 0 Å². The summed E-state index contributed by atoms with van der Waals surface area (Å²) in [6.07, 6.45) is 0.403. The van der Waals surface area contributed by atoms with E-state index in [0.29, 0.717) is 12.3 Å². The van der Waals surface area contributed by atoms with Crippen molar-refractivity contribution in [2.24, 2.45) is 5.92 Å². The van der Waals surface area contributed by atoms with Crippen molar-refractivity contribution in [1.82, 2.24) is 5.32 Å². The molecule has 0 bridgehead atoms. The topological polar surface area (TPSA) is 29.1 Å². The summed E-state index contributed by atoms with van der Waals surface area (Å²) in [4.78, 5) is 12.1. The van der Waals surface area contributed by atoms with Crippen molar-refractivity contribution in [3.05, 3.63) is 48.0 Å². The van der Waals surface area contributed by atoms with Gasteiger partial charge in [0, 0.05) is 11.9 Å². The Hall–Kier alpha value is -1.54. The van der Waals surface area contributed by atoms with E-state index in [0.717, 1.165) is 10.9 Å². The maximum absolute atomic E-state index is 12.1. The van der Waals surface area contributed by atoms with Gasteiger partial charge in [-0.05, 0) is 29.2 Å². The highest BCUT2D eigenvalue weighted by atomic mass is 35.5.